The standard InChI is InChI=1S/C9H4BrF3N2O/c10-4-1-5-7(14-3-15-8(5)16)6(2-4)9(11,12)13/h1-3H,(H,14,15,16). The van der Waals surface area contributed by atoms with E-state index in [2.05, 4.69) is 25.9 Å². The molecule has 2 rings (SSSR count). The van der Waals surface area contributed by atoms with Gasteiger partial charge in [-0.1, -0.05) is 15.9 Å². The summed E-state index contributed by atoms with van der Waals surface area (Å²) < 4.78 is 38.2. The predicted octanol–water partition coefficient (Wildman–Crippen LogP) is 2.70. The van der Waals surface area contributed by atoms with Crippen molar-refractivity contribution in [2.75, 3.05) is 0 Å². The van der Waals surface area contributed by atoms with Crippen LogP contribution in [0.25, 0.3) is 10.9 Å². The molecule has 0 unspecified atom stereocenters. The molecule has 0 aliphatic carbocycles. The number of H-pyrrole nitrogens is 1. The van der Waals surface area contributed by atoms with Crippen LogP contribution in [0.1, 0.15) is 5.56 Å². The Labute approximate surface area is 95.4 Å². The van der Waals surface area contributed by atoms with Gasteiger partial charge in [0.25, 0.3) is 5.56 Å². The maximum Gasteiger partial charge on any atom is 0.418 e. The predicted molar refractivity (Wildman–Crippen MR) is 55.1 cm³/mol. The van der Waals surface area contributed by atoms with Gasteiger partial charge >= 0.3 is 6.18 Å². The van der Waals surface area contributed by atoms with Gasteiger partial charge in [0.15, 0.2) is 0 Å². The van der Waals surface area contributed by atoms with Crippen LogP contribution in [0.5, 0.6) is 0 Å². The molecule has 84 valence electrons. The fourth-order valence-electron chi connectivity index (χ4n) is 1.36. The molecule has 1 aromatic heterocycles. The van der Waals surface area contributed by atoms with E-state index in [1.165, 1.54) is 6.07 Å². The first-order valence-electron chi connectivity index (χ1n) is 4.14. The van der Waals surface area contributed by atoms with Gasteiger partial charge in [-0.3, -0.25) is 4.79 Å². The molecule has 0 saturated heterocycles. The monoisotopic (exact) mass is 292 g/mol. The number of aromatic nitrogens is 2. The van der Waals surface area contributed by atoms with Crippen LogP contribution in [0.3, 0.4) is 0 Å². The number of hydrogen-bond acceptors (Lipinski definition) is 2. The summed E-state index contributed by atoms with van der Waals surface area (Å²) in [4.78, 5) is 17.1. The normalized spacial score (nSPS) is 12.0. The van der Waals surface area contributed by atoms with Gasteiger partial charge in [-0.15, -0.1) is 0 Å². The van der Waals surface area contributed by atoms with Gasteiger partial charge in [-0.05, 0) is 12.1 Å². The van der Waals surface area contributed by atoms with Crippen molar-refractivity contribution in [2.24, 2.45) is 0 Å². The Morgan fingerprint density at radius 1 is 1.31 bits per heavy atom. The number of rotatable bonds is 0. The Balaban J connectivity index is 2.95. The highest BCUT2D eigenvalue weighted by Gasteiger charge is 2.34. The van der Waals surface area contributed by atoms with Crippen LogP contribution >= 0.6 is 15.9 Å². The first-order chi connectivity index (χ1) is 7.39. The highest BCUT2D eigenvalue weighted by atomic mass is 79.9. The molecule has 0 fully saturated rings. The summed E-state index contributed by atoms with van der Waals surface area (Å²) >= 11 is 2.93. The molecule has 3 nitrogen and oxygen atoms in total. The van der Waals surface area contributed by atoms with Crippen molar-refractivity contribution in [1.29, 1.82) is 0 Å². The number of hydrogen-bond donors (Lipinski definition) is 1. The lowest BCUT2D eigenvalue weighted by Crippen LogP contribution is -2.12. The topological polar surface area (TPSA) is 45.8 Å². The van der Waals surface area contributed by atoms with E-state index in [0.717, 1.165) is 12.4 Å². The molecule has 0 radical (unpaired) electrons. The number of nitrogens with one attached hydrogen (secondary N) is 1. The number of aromatic amines is 1. The number of fused-ring (bicyclic) bond motifs is 1. The van der Waals surface area contributed by atoms with E-state index in [-0.39, 0.29) is 15.4 Å². The lowest BCUT2D eigenvalue weighted by Gasteiger charge is -2.09. The van der Waals surface area contributed by atoms with Crippen LogP contribution in [0.2, 0.25) is 0 Å². The summed E-state index contributed by atoms with van der Waals surface area (Å²) in [6, 6.07) is 2.20. The highest BCUT2D eigenvalue weighted by molar-refractivity contribution is 9.10. The fraction of sp³-hybridized carbons (Fsp3) is 0.111. The quantitative estimate of drug-likeness (QED) is 0.811. The third kappa shape index (κ3) is 1.82. The maximum absolute atomic E-state index is 12.7. The summed E-state index contributed by atoms with van der Waals surface area (Å²) in [7, 11) is 0. The Bertz CT molecular complexity index is 606. The second-order valence-corrected chi connectivity index (χ2v) is 3.99. The van der Waals surface area contributed by atoms with Crippen molar-refractivity contribution in [1.82, 2.24) is 9.97 Å². The fourth-order valence-corrected chi connectivity index (χ4v) is 1.82. The van der Waals surface area contributed by atoms with Gasteiger partial charge in [0.1, 0.15) is 0 Å². The Kier molecular flexibility index (Phi) is 2.49. The van der Waals surface area contributed by atoms with Crippen LogP contribution in [0.15, 0.2) is 27.7 Å². The van der Waals surface area contributed by atoms with E-state index in [0.29, 0.717) is 0 Å². The van der Waals surface area contributed by atoms with Gasteiger partial charge in [0.05, 0.1) is 22.8 Å². The van der Waals surface area contributed by atoms with E-state index in [9.17, 15) is 18.0 Å². The second kappa shape index (κ2) is 3.58. The summed E-state index contributed by atoms with van der Waals surface area (Å²) in [6.45, 7) is 0. The Morgan fingerprint density at radius 2 is 2.00 bits per heavy atom. The summed E-state index contributed by atoms with van der Waals surface area (Å²) in [5.41, 5.74) is -1.88. The van der Waals surface area contributed by atoms with Gasteiger partial charge in [-0.2, -0.15) is 13.2 Å². The van der Waals surface area contributed by atoms with Gasteiger partial charge in [0.2, 0.25) is 0 Å². The van der Waals surface area contributed by atoms with E-state index in [1.54, 1.807) is 0 Å². The van der Waals surface area contributed by atoms with E-state index >= 15 is 0 Å². The molecule has 0 aliphatic heterocycles. The summed E-state index contributed by atoms with van der Waals surface area (Å²) in [6.07, 6.45) is -3.59. The van der Waals surface area contributed by atoms with Crippen molar-refractivity contribution in [2.45, 2.75) is 6.18 Å². The first kappa shape index (κ1) is 11.1. The van der Waals surface area contributed by atoms with Crippen LogP contribution in [-0.2, 0) is 6.18 Å². The molecule has 0 spiro atoms. The SMILES string of the molecule is O=c1[nH]cnc2c(C(F)(F)F)cc(Br)cc12. The van der Waals surface area contributed by atoms with Gasteiger partial charge in [-0.25, -0.2) is 4.98 Å². The zero-order chi connectivity index (χ0) is 11.9. The average molecular weight is 293 g/mol. The average Bonchev–Trinajstić information content (AvgIpc) is 2.17. The van der Waals surface area contributed by atoms with E-state index in [1.807, 2.05) is 0 Å². The molecule has 1 N–H and O–H groups in total. The zero-order valence-electron chi connectivity index (χ0n) is 7.60. The number of nitrogens with zero attached hydrogens (tertiary/aromatic N) is 1. The van der Waals surface area contributed by atoms with Crippen molar-refractivity contribution < 1.29 is 13.2 Å². The van der Waals surface area contributed by atoms with E-state index < -0.39 is 17.3 Å². The van der Waals surface area contributed by atoms with Gasteiger partial charge < -0.3 is 4.98 Å². The second-order valence-electron chi connectivity index (χ2n) is 3.08. The van der Waals surface area contributed by atoms with Crippen molar-refractivity contribution in [3.63, 3.8) is 0 Å². The Morgan fingerprint density at radius 3 is 2.62 bits per heavy atom. The Hall–Kier alpha value is -1.37. The van der Waals surface area contributed by atoms with Crippen LogP contribution in [0, 0.1) is 0 Å². The van der Waals surface area contributed by atoms with Crippen LogP contribution < -0.4 is 5.56 Å². The zero-order valence-corrected chi connectivity index (χ0v) is 9.19. The lowest BCUT2D eigenvalue weighted by molar-refractivity contribution is -0.136. The maximum atomic E-state index is 12.7. The number of benzene rings is 1. The molecule has 16 heavy (non-hydrogen) atoms. The highest BCUT2D eigenvalue weighted by Crippen LogP contribution is 2.34. The number of halogens is 4. The van der Waals surface area contributed by atoms with Crippen molar-refractivity contribution in [3.8, 4) is 0 Å². The molecule has 0 saturated carbocycles. The minimum atomic E-state index is -4.54. The van der Waals surface area contributed by atoms with Gasteiger partial charge in [0, 0.05) is 4.47 Å². The largest absolute Gasteiger partial charge is 0.418 e. The lowest BCUT2D eigenvalue weighted by atomic mass is 10.1. The van der Waals surface area contributed by atoms with Crippen LogP contribution in [0.4, 0.5) is 13.2 Å². The van der Waals surface area contributed by atoms with Crippen LogP contribution in [-0.4, -0.2) is 9.97 Å². The molecule has 7 heteroatoms. The molecule has 0 bridgehead atoms. The molecule has 2 aromatic rings. The molecular weight excluding hydrogens is 289 g/mol. The molecular formula is C9H4BrF3N2O. The minimum Gasteiger partial charge on any atom is -0.313 e. The van der Waals surface area contributed by atoms with E-state index in [4.69, 9.17) is 0 Å². The van der Waals surface area contributed by atoms with Crippen molar-refractivity contribution >= 4 is 26.8 Å². The van der Waals surface area contributed by atoms with Crippen molar-refractivity contribution in [3.05, 3.63) is 38.9 Å². The minimum absolute atomic E-state index is 0.0933. The number of alkyl halides is 3. The summed E-state index contributed by atoms with van der Waals surface area (Å²) in [5.74, 6) is 0. The summed E-state index contributed by atoms with van der Waals surface area (Å²) in [5, 5.41) is -0.0933. The smallest absolute Gasteiger partial charge is 0.313 e. The molecule has 0 amide bonds. The molecule has 1 aromatic carbocycles. The third-order valence-corrected chi connectivity index (χ3v) is 2.47. The molecule has 0 aliphatic rings. The molecule has 0 atom stereocenters. The first-order valence-corrected chi connectivity index (χ1v) is 4.93. The molecule has 1 heterocycles. The third-order valence-electron chi connectivity index (χ3n) is 2.01.